The number of benzene rings is 2. The molecule has 2 aromatic carbocycles. The van der Waals surface area contributed by atoms with Crippen LogP contribution in [0.2, 0.25) is 0 Å². The first-order valence-electron chi connectivity index (χ1n) is 17.9. The zero-order valence-electron chi connectivity index (χ0n) is 33.3. The van der Waals surface area contributed by atoms with Gasteiger partial charge in [-0.3, -0.25) is 9.69 Å². The fraction of sp³-hybridized carbons (Fsp3) is 0.350. The minimum atomic E-state index is -2.07. The topological polar surface area (TPSA) is 177 Å². The summed E-state index contributed by atoms with van der Waals surface area (Å²) in [7, 11) is 2.83. The van der Waals surface area contributed by atoms with Crippen LogP contribution >= 0.6 is 11.3 Å². The van der Waals surface area contributed by atoms with E-state index in [9.17, 15) is 23.9 Å². The molecule has 59 heavy (non-hydrogen) atoms. The lowest BCUT2D eigenvalue weighted by atomic mass is 9.82. The molecule has 5 rings (SSSR count). The number of halogens is 3. The van der Waals surface area contributed by atoms with Crippen LogP contribution in [0, 0.1) is 23.0 Å². The summed E-state index contributed by atoms with van der Waals surface area (Å²) >= 11 is 1.23. The monoisotopic (exact) mass is 896 g/mol. The van der Waals surface area contributed by atoms with Crippen LogP contribution in [0.25, 0.3) is 11.3 Å². The third-order valence-corrected chi connectivity index (χ3v) is 9.95. The highest BCUT2D eigenvalue weighted by atomic mass is 79.9. The van der Waals surface area contributed by atoms with E-state index < -0.39 is 53.1 Å². The Morgan fingerprint density at radius 1 is 1.07 bits per heavy atom. The van der Waals surface area contributed by atoms with E-state index >= 15 is 4.39 Å². The average Bonchev–Trinajstić information content (AvgIpc) is 3.87. The van der Waals surface area contributed by atoms with Crippen LogP contribution in [-0.2, 0) is 37.8 Å². The van der Waals surface area contributed by atoms with E-state index in [1.807, 2.05) is 0 Å². The molecule has 19 heteroatoms. The highest BCUT2D eigenvalue weighted by Gasteiger charge is 2.43. The number of esters is 1. The molecule has 5 aromatic rings. The number of thiazole rings is 1. The molecule has 0 fully saturated rings. The maximum atomic E-state index is 15.4. The van der Waals surface area contributed by atoms with Gasteiger partial charge in [0.25, 0.3) is 6.33 Å². The molecule has 1 N–H and O–H groups in total. The second-order valence-corrected chi connectivity index (χ2v) is 15.3. The number of likely N-dealkylation sites (N-methyl/N-ethyl adjacent to an activating group) is 1. The van der Waals surface area contributed by atoms with Crippen molar-refractivity contribution in [2.75, 3.05) is 25.5 Å². The van der Waals surface area contributed by atoms with Crippen molar-refractivity contribution in [1.82, 2.24) is 24.6 Å². The Morgan fingerprint density at radius 2 is 1.78 bits per heavy atom. The normalized spacial score (nSPS) is 13.2. The van der Waals surface area contributed by atoms with Crippen molar-refractivity contribution in [3.63, 3.8) is 0 Å². The van der Waals surface area contributed by atoms with Crippen LogP contribution in [0.5, 0.6) is 0 Å². The molecule has 0 aliphatic carbocycles. The van der Waals surface area contributed by atoms with E-state index in [1.165, 1.54) is 53.5 Å². The van der Waals surface area contributed by atoms with Gasteiger partial charge < -0.3 is 41.2 Å². The lowest BCUT2D eigenvalue weighted by molar-refractivity contribution is -0.753. The number of hydrogen-bond donors (Lipinski definition) is 1. The minimum Gasteiger partial charge on any atom is -1.00 e. The Morgan fingerprint density at radius 3 is 2.46 bits per heavy atom. The number of carbonyl (C=O) groups is 3. The van der Waals surface area contributed by atoms with Gasteiger partial charge in [-0.25, -0.2) is 28.3 Å². The smallest absolute Gasteiger partial charge is 0.418 e. The van der Waals surface area contributed by atoms with Crippen molar-refractivity contribution in [2.45, 2.75) is 71.1 Å². The Hall–Kier alpha value is -5.84. The Balaban J connectivity index is 0.00000769. The SMILES string of the molecule is CC(OC(=O)N(C)c1ncccc1COC(=O)CN(C)C(=O)OC(C)(C)C)[n+]1cnn(C[C@](O)(c2cc(F)ccc2F)[C@@H](C)c2nc(-c3ccc(C#N)cc3)cs2)c1.[Br-]. The molecule has 1 unspecified atom stereocenters. The molecule has 0 bridgehead atoms. The summed E-state index contributed by atoms with van der Waals surface area (Å²) in [4.78, 5) is 49.3. The lowest BCUT2D eigenvalue weighted by Crippen LogP contribution is -3.00. The molecule has 0 spiro atoms. The van der Waals surface area contributed by atoms with Crippen LogP contribution in [-0.4, -0.2) is 74.2 Å². The van der Waals surface area contributed by atoms with E-state index in [-0.39, 0.29) is 48.1 Å². The lowest BCUT2D eigenvalue weighted by Gasteiger charge is -2.32. The molecular formula is C40H43BrF2N8O7S. The Kier molecular flexibility index (Phi) is 15.0. The molecule has 0 aliphatic rings. The molecule has 0 radical (unpaired) electrons. The fourth-order valence-electron chi connectivity index (χ4n) is 5.70. The van der Waals surface area contributed by atoms with Gasteiger partial charge in [0.15, 0.2) is 0 Å². The molecule has 15 nitrogen and oxygen atoms in total. The number of nitrogens with zero attached hydrogens (tertiary/aromatic N) is 8. The first-order chi connectivity index (χ1) is 27.4. The number of ether oxygens (including phenoxy) is 3. The van der Waals surface area contributed by atoms with Gasteiger partial charge in [-0.1, -0.05) is 25.1 Å². The predicted octanol–water partition coefficient (Wildman–Crippen LogP) is 3.24. The summed E-state index contributed by atoms with van der Waals surface area (Å²) in [6.07, 6.45) is 1.77. The molecule has 0 saturated carbocycles. The Bertz CT molecular complexity index is 2310. The quantitative estimate of drug-likeness (QED) is 0.104. The van der Waals surface area contributed by atoms with E-state index in [2.05, 4.69) is 16.2 Å². The number of aromatic nitrogens is 5. The molecule has 0 aliphatic heterocycles. The van der Waals surface area contributed by atoms with E-state index in [0.717, 1.165) is 33.6 Å². The zero-order valence-corrected chi connectivity index (χ0v) is 35.7. The van der Waals surface area contributed by atoms with Crippen molar-refractivity contribution in [3.8, 4) is 17.3 Å². The van der Waals surface area contributed by atoms with Crippen molar-refractivity contribution < 1.29 is 64.0 Å². The number of nitriles is 1. The highest BCUT2D eigenvalue weighted by Crippen LogP contribution is 2.41. The summed E-state index contributed by atoms with van der Waals surface area (Å²) in [6, 6.07) is 14.9. The number of rotatable bonds is 13. The molecule has 3 heterocycles. The van der Waals surface area contributed by atoms with Gasteiger partial charge in [0.2, 0.25) is 12.6 Å². The summed E-state index contributed by atoms with van der Waals surface area (Å²) < 4.78 is 49.0. The summed E-state index contributed by atoms with van der Waals surface area (Å²) in [5.74, 6) is -3.02. The largest absolute Gasteiger partial charge is 1.00 e. The van der Waals surface area contributed by atoms with Gasteiger partial charge in [-0.05, 0) is 57.2 Å². The standard InChI is InChI=1S/C40H43F2N8O7S.BrH/c1-25(36-46-33(21-58-36)28-12-10-27(18-43)11-13-28)40(54,31-17-30(41)14-15-32(31)42)22-50-24-49(23-45-50)26(2)56-38(53)48(7)35-29(9-8-16-44-35)20-55-34(51)19-47(6)37(52)57-39(3,4)5;/h8-17,21,23-26,54H,19-20,22H2,1-7H3;1H/q+1;/p-1/t25-,26?,40+;/m0./s1. The van der Waals surface area contributed by atoms with Crippen LogP contribution in [0.1, 0.15) is 68.5 Å². The summed E-state index contributed by atoms with van der Waals surface area (Å²) in [6.45, 7) is 7.36. The number of aliphatic hydroxyl groups is 1. The average molecular weight is 898 g/mol. The van der Waals surface area contributed by atoms with Gasteiger partial charge >= 0.3 is 18.2 Å². The molecular weight excluding hydrogens is 854 g/mol. The maximum absolute atomic E-state index is 15.4. The van der Waals surface area contributed by atoms with Gasteiger partial charge in [0.05, 0.1) is 22.3 Å². The third-order valence-electron chi connectivity index (χ3n) is 8.93. The summed E-state index contributed by atoms with van der Waals surface area (Å²) in [5, 5.41) is 28.0. The predicted molar refractivity (Wildman–Crippen MR) is 206 cm³/mol. The van der Waals surface area contributed by atoms with Gasteiger partial charge in [0.1, 0.15) is 48.4 Å². The van der Waals surface area contributed by atoms with Gasteiger partial charge in [0, 0.05) is 60.3 Å². The number of amides is 2. The van der Waals surface area contributed by atoms with Crippen molar-refractivity contribution in [1.29, 1.82) is 5.26 Å². The number of pyridine rings is 1. The summed E-state index contributed by atoms with van der Waals surface area (Å²) in [5.41, 5.74) is -0.932. The molecule has 0 saturated heterocycles. The van der Waals surface area contributed by atoms with Crippen molar-refractivity contribution in [3.05, 3.63) is 112 Å². The highest BCUT2D eigenvalue weighted by molar-refractivity contribution is 7.10. The van der Waals surface area contributed by atoms with Crippen molar-refractivity contribution >= 4 is 35.3 Å². The zero-order chi connectivity index (χ0) is 42.4. The van der Waals surface area contributed by atoms with Crippen LogP contribution in [0.3, 0.4) is 0 Å². The van der Waals surface area contributed by atoms with Gasteiger partial charge in [-0.2, -0.15) is 9.83 Å². The second-order valence-electron chi connectivity index (χ2n) is 14.4. The van der Waals surface area contributed by atoms with Gasteiger partial charge in [-0.15, -0.1) is 16.0 Å². The van der Waals surface area contributed by atoms with Crippen LogP contribution in [0.4, 0.5) is 24.2 Å². The van der Waals surface area contributed by atoms with Crippen molar-refractivity contribution in [2.24, 2.45) is 0 Å². The molecule has 3 atom stereocenters. The van der Waals surface area contributed by atoms with E-state index in [0.29, 0.717) is 21.8 Å². The van der Waals surface area contributed by atoms with E-state index in [1.54, 1.807) is 76.4 Å². The van der Waals surface area contributed by atoms with Crippen LogP contribution < -0.4 is 26.4 Å². The number of hydrogen-bond acceptors (Lipinski definition) is 12. The Labute approximate surface area is 354 Å². The number of anilines is 1. The molecule has 3 aromatic heterocycles. The third kappa shape index (κ3) is 11.4. The maximum Gasteiger partial charge on any atom is 0.418 e. The molecule has 312 valence electrons. The second kappa shape index (κ2) is 19.3. The fourth-order valence-corrected chi connectivity index (χ4v) is 6.67. The van der Waals surface area contributed by atoms with E-state index in [4.69, 9.17) is 24.5 Å². The number of carbonyl (C=O) groups excluding carboxylic acids is 3. The minimum absolute atomic E-state index is 0. The molecule has 2 amide bonds. The first kappa shape index (κ1) is 45.9. The first-order valence-corrected chi connectivity index (χ1v) is 18.8. The van der Waals surface area contributed by atoms with Crippen LogP contribution in [0.15, 0.2) is 78.8 Å².